The van der Waals surface area contributed by atoms with Crippen molar-refractivity contribution in [2.24, 2.45) is 0 Å². The van der Waals surface area contributed by atoms with Crippen molar-refractivity contribution in [1.29, 1.82) is 0 Å². The Morgan fingerprint density at radius 1 is 1.35 bits per heavy atom. The number of aryl methyl sites for hydroxylation is 1. The van der Waals surface area contributed by atoms with Crippen molar-refractivity contribution < 1.29 is 0 Å². The zero-order valence-corrected chi connectivity index (χ0v) is 11.5. The maximum Gasteiger partial charge on any atom is 0.133 e. The van der Waals surface area contributed by atoms with E-state index >= 15 is 0 Å². The summed E-state index contributed by atoms with van der Waals surface area (Å²) >= 11 is 6.03. The van der Waals surface area contributed by atoms with Crippen molar-refractivity contribution in [3.63, 3.8) is 0 Å². The van der Waals surface area contributed by atoms with E-state index in [1.165, 1.54) is 19.3 Å². The molecule has 0 N–H and O–H groups in total. The number of likely N-dealkylation sites (tertiary alicyclic amines) is 1. The lowest BCUT2D eigenvalue weighted by atomic mass is 9.97. The number of hydrogen-bond donors (Lipinski definition) is 0. The Morgan fingerprint density at radius 2 is 2.12 bits per heavy atom. The zero-order chi connectivity index (χ0) is 12.4. The van der Waals surface area contributed by atoms with Gasteiger partial charge in [0.15, 0.2) is 0 Å². The first-order valence-electron chi connectivity index (χ1n) is 6.35. The molecule has 0 aromatic carbocycles. The predicted octanol–water partition coefficient (Wildman–Crippen LogP) is 3.37. The number of hydrogen-bond acceptors (Lipinski definition) is 3. The van der Waals surface area contributed by atoms with Gasteiger partial charge in [-0.2, -0.15) is 0 Å². The molecular weight excluding hydrogens is 234 g/mol. The molecular formula is C13H20ClN3. The molecule has 0 bridgehead atoms. The lowest BCUT2D eigenvalue weighted by molar-refractivity contribution is 0.109. The summed E-state index contributed by atoms with van der Waals surface area (Å²) in [4.78, 5) is 11.2. The molecule has 94 valence electrons. The van der Waals surface area contributed by atoms with Gasteiger partial charge < -0.3 is 0 Å². The summed E-state index contributed by atoms with van der Waals surface area (Å²) in [6.45, 7) is 7.54. The van der Waals surface area contributed by atoms with Gasteiger partial charge in [-0.05, 0) is 46.2 Å². The lowest BCUT2D eigenvalue weighted by Crippen LogP contribution is -2.38. The van der Waals surface area contributed by atoms with Crippen LogP contribution >= 0.6 is 11.6 Å². The van der Waals surface area contributed by atoms with E-state index in [2.05, 4.69) is 28.7 Å². The first-order valence-corrected chi connectivity index (χ1v) is 6.72. The molecule has 4 heteroatoms. The van der Waals surface area contributed by atoms with E-state index in [0.29, 0.717) is 17.2 Å². The summed E-state index contributed by atoms with van der Waals surface area (Å²) in [7, 11) is 0. The van der Waals surface area contributed by atoms with Crippen LogP contribution in [0.25, 0.3) is 0 Å². The summed E-state index contributed by atoms with van der Waals surface area (Å²) in [5.41, 5.74) is 1.08. The average Bonchev–Trinajstić information content (AvgIpc) is 2.27. The molecule has 2 rings (SSSR count). The van der Waals surface area contributed by atoms with Crippen LogP contribution in [0.2, 0.25) is 5.15 Å². The Hall–Kier alpha value is -0.670. The zero-order valence-electron chi connectivity index (χ0n) is 10.8. The maximum absolute atomic E-state index is 6.03. The third kappa shape index (κ3) is 2.96. The molecule has 2 heterocycles. The summed E-state index contributed by atoms with van der Waals surface area (Å²) < 4.78 is 0. The fraction of sp³-hybridized carbons (Fsp3) is 0.692. The van der Waals surface area contributed by atoms with Crippen LogP contribution in [0.3, 0.4) is 0 Å². The smallest absolute Gasteiger partial charge is 0.133 e. The topological polar surface area (TPSA) is 29.0 Å². The normalized spacial score (nSPS) is 22.1. The van der Waals surface area contributed by atoms with Gasteiger partial charge in [-0.25, -0.2) is 9.97 Å². The summed E-state index contributed by atoms with van der Waals surface area (Å²) in [5, 5.41) is 0.557. The Bertz CT molecular complexity index is 372. The molecule has 1 aliphatic rings. The van der Waals surface area contributed by atoms with Gasteiger partial charge >= 0.3 is 0 Å². The molecule has 0 radical (unpaired) electrons. The number of halogens is 1. The van der Waals surface area contributed by atoms with Crippen LogP contribution in [0.1, 0.15) is 50.7 Å². The average molecular weight is 254 g/mol. The minimum atomic E-state index is 0.406. The fourth-order valence-corrected chi connectivity index (χ4v) is 2.85. The molecule has 1 unspecified atom stereocenters. The van der Waals surface area contributed by atoms with Crippen LogP contribution in [-0.4, -0.2) is 27.5 Å². The highest BCUT2D eigenvalue weighted by molar-refractivity contribution is 6.29. The molecule has 0 spiro atoms. The van der Waals surface area contributed by atoms with Crippen molar-refractivity contribution in [3.05, 3.63) is 22.7 Å². The van der Waals surface area contributed by atoms with Crippen LogP contribution in [0.4, 0.5) is 0 Å². The third-order valence-electron chi connectivity index (χ3n) is 3.38. The highest BCUT2D eigenvalue weighted by Gasteiger charge is 2.27. The predicted molar refractivity (Wildman–Crippen MR) is 70.2 cm³/mol. The molecule has 1 saturated heterocycles. The maximum atomic E-state index is 6.03. The van der Waals surface area contributed by atoms with Crippen LogP contribution in [0, 0.1) is 6.92 Å². The summed E-state index contributed by atoms with van der Waals surface area (Å²) in [6.07, 6.45) is 3.73. The fourth-order valence-electron chi connectivity index (χ4n) is 2.61. The Labute approximate surface area is 108 Å². The molecule has 0 aliphatic carbocycles. The minimum Gasteiger partial charge on any atom is -0.292 e. The molecule has 3 nitrogen and oxygen atoms in total. The van der Waals surface area contributed by atoms with Gasteiger partial charge in [0.1, 0.15) is 11.0 Å². The minimum absolute atomic E-state index is 0.406. The van der Waals surface area contributed by atoms with Gasteiger partial charge in [-0.3, -0.25) is 4.90 Å². The summed E-state index contributed by atoms with van der Waals surface area (Å²) in [6, 6.07) is 2.87. The van der Waals surface area contributed by atoms with Gasteiger partial charge in [0.2, 0.25) is 0 Å². The van der Waals surface area contributed by atoms with Crippen LogP contribution in [-0.2, 0) is 0 Å². The number of nitrogens with zero attached hydrogens (tertiary/aromatic N) is 3. The first-order chi connectivity index (χ1) is 8.08. The highest BCUT2D eigenvalue weighted by atomic mass is 35.5. The van der Waals surface area contributed by atoms with E-state index in [1.807, 2.05) is 13.0 Å². The van der Waals surface area contributed by atoms with E-state index in [0.717, 1.165) is 18.1 Å². The Kier molecular flexibility index (Phi) is 4.00. The largest absolute Gasteiger partial charge is 0.292 e. The molecule has 17 heavy (non-hydrogen) atoms. The molecule has 1 fully saturated rings. The van der Waals surface area contributed by atoms with Crippen LogP contribution < -0.4 is 0 Å². The van der Waals surface area contributed by atoms with Gasteiger partial charge in [-0.1, -0.05) is 18.0 Å². The third-order valence-corrected chi connectivity index (χ3v) is 3.57. The SMILES string of the molecule is Cc1nc(Cl)cc(C2CCCCN2C(C)C)n1. The molecule has 0 amide bonds. The van der Waals surface area contributed by atoms with Crippen molar-refractivity contribution in [3.8, 4) is 0 Å². The Balaban J connectivity index is 2.29. The second-order valence-electron chi connectivity index (χ2n) is 5.01. The second kappa shape index (κ2) is 5.32. The second-order valence-corrected chi connectivity index (χ2v) is 5.39. The number of aromatic nitrogens is 2. The highest BCUT2D eigenvalue weighted by Crippen LogP contribution is 2.32. The number of rotatable bonds is 2. The van der Waals surface area contributed by atoms with E-state index in [1.54, 1.807) is 0 Å². The Morgan fingerprint density at radius 3 is 2.76 bits per heavy atom. The van der Waals surface area contributed by atoms with Gasteiger partial charge in [0, 0.05) is 6.04 Å². The van der Waals surface area contributed by atoms with E-state index in [4.69, 9.17) is 11.6 Å². The quantitative estimate of drug-likeness (QED) is 0.757. The van der Waals surface area contributed by atoms with Crippen molar-refractivity contribution in [2.75, 3.05) is 6.54 Å². The van der Waals surface area contributed by atoms with Gasteiger partial charge in [0.25, 0.3) is 0 Å². The van der Waals surface area contributed by atoms with Gasteiger partial charge in [-0.15, -0.1) is 0 Å². The van der Waals surface area contributed by atoms with Crippen molar-refractivity contribution >= 4 is 11.6 Å². The lowest BCUT2D eigenvalue weighted by Gasteiger charge is -2.38. The molecule has 1 aliphatic heterocycles. The van der Waals surface area contributed by atoms with E-state index in [9.17, 15) is 0 Å². The molecule has 1 aromatic rings. The van der Waals surface area contributed by atoms with Gasteiger partial charge in [0.05, 0.1) is 11.7 Å². The first kappa shape index (κ1) is 12.8. The monoisotopic (exact) mass is 253 g/mol. The molecule has 0 saturated carbocycles. The number of piperidine rings is 1. The standard InChI is InChI=1S/C13H20ClN3/c1-9(2)17-7-5-4-6-12(17)11-8-13(14)16-10(3)15-11/h8-9,12H,4-7H2,1-3H3. The van der Waals surface area contributed by atoms with E-state index < -0.39 is 0 Å². The molecule has 1 atom stereocenters. The van der Waals surface area contributed by atoms with E-state index in [-0.39, 0.29) is 0 Å². The summed E-state index contributed by atoms with van der Waals surface area (Å²) in [5.74, 6) is 0.766. The van der Waals surface area contributed by atoms with Crippen molar-refractivity contribution in [1.82, 2.24) is 14.9 Å². The van der Waals surface area contributed by atoms with Crippen molar-refractivity contribution in [2.45, 2.75) is 52.1 Å². The molecule has 1 aromatic heterocycles. The van der Waals surface area contributed by atoms with Crippen LogP contribution in [0.5, 0.6) is 0 Å². The van der Waals surface area contributed by atoms with Crippen LogP contribution in [0.15, 0.2) is 6.07 Å².